The van der Waals surface area contributed by atoms with Gasteiger partial charge >= 0.3 is 0 Å². The number of anilines is 2. The first-order valence-corrected chi connectivity index (χ1v) is 7.35. The Morgan fingerprint density at radius 2 is 1.90 bits per heavy atom. The van der Waals surface area contributed by atoms with E-state index < -0.39 is 0 Å². The van der Waals surface area contributed by atoms with Crippen LogP contribution in [0.4, 0.5) is 11.4 Å². The fraction of sp³-hybridized carbons (Fsp3) is 0.562. The summed E-state index contributed by atoms with van der Waals surface area (Å²) in [4.78, 5) is 13.4. The summed E-state index contributed by atoms with van der Waals surface area (Å²) in [6, 6.07) is 6.02. The van der Waals surface area contributed by atoms with Crippen molar-refractivity contribution in [2.45, 2.75) is 38.6 Å². The fourth-order valence-electron chi connectivity index (χ4n) is 2.71. The lowest BCUT2D eigenvalue weighted by molar-refractivity contribution is 0.0827. The molecule has 0 radical (unpaired) electrons. The molecule has 1 saturated carbocycles. The molecule has 110 valence electrons. The first-order valence-electron chi connectivity index (χ1n) is 7.35. The van der Waals surface area contributed by atoms with Crippen molar-refractivity contribution in [3.05, 3.63) is 23.8 Å². The molecule has 3 N–H and O–H groups in total. The molecular formula is C16H25N3O. The maximum absolute atomic E-state index is 11.9. The van der Waals surface area contributed by atoms with Crippen molar-refractivity contribution in [2.75, 3.05) is 25.1 Å². The molecule has 20 heavy (non-hydrogen) atoms. The molecule has 4 heteroatoms. The van der Waals surface area contributed by atoms with Crippen LogP contribution in [-0.2, 0) is 0 Å². The number of hydrogen-bond donors (Lipinski definition) is 2. The summed E-state index contributed by atoms with van der Waals surface area (Å²) in [5.41, 5.74) is 8.30. The molecule has 0 atom stereocenters. The van der Waals surface area contributed by atoms with E-state index in [2.05, 4.69) is 12.2 Å². The highest BCUT2D eigenvalue weighted by Gasteiger charge is 2.19. The van der Waals surface area contributed by atoms with Crippen molar-refractivity contribution in [3.63, 3.8) is 0 Å². The van der Waals surface area contributed by atoms with E-state index in [4.69, 9.17) is 5.73 Å². The van der Waals surface area contributed by atoms with Gasteiger partial charge in [0.25, 0.3) is 5.91 Å². The molecule has 0 saturated heterocycles. The molecule has 0 unspecified atom stereocenters. The van der Waals surface area contributed by atoms with E-state index in [0.29, 0.717) is 17.3 Å². The van der Waals surface area contributed by atoms with Gasteiger partial charge in [-0.1, -0.05) is 6.92 Å². The highest BCUT2D eigenvalue weighted by atomic mass is 16.2. The van der Waals surface area contributed by atoms with Crippen LogP contribution in [0, 0.1) is 5.92 Å². The maximum atomic E-state index is 11.9. The Labute approximate surface area is 121 Å². The number of amides is 1. The lowest BCUT2D eigenvalue weighted by Gasteiger charge is -2.28. The zero-order chi connectivity index (χ0) is 14.7. The molecule has 0 aliphatic heterocycles. The largest absolute Gasteiger partial charge is 0.397 e. The Morgan fingerprint density at radius 3 is 2.45 bits per heavy atom. The molecule has 1 aliphatic rings. The molecular weight excluding hydrogens is 250 g/mol. The Balaban J connectivity index is 2.04. The van der Waals surface area contributed by atoms with Gasteiger partial charge in [0, 0.05) is 25.7 Å². The van der Waals surface area contributed by atoms with Gasteiger partial charge < -0.3 is 16.0 Å². The van der Waals surface area contributed by atoms with E-state index in [-0.39, 0.29) is 5.91 Å². The van der Waals surface area contributed by atoms with Gasteiger partial charge in [-0.3, -0.25) is 4.79 Å². The van der Waals surface area contributed by atoms with E-state index in [1.165, 1.54) is 25.7 Å². The Kier molecular flexibility index (Phi) is 4.53. The Hall–Kier alpha value is -1.71. The molecule has 1 aromatic carbocycles. The molecule has 0 spiro atoms. The van der Waals surface area contributed by atoms with Crippen LogP contribution in [0.2, 0.25) is 0 Å². The molecule has 1 fully saturated rings. The fourth-order valence-corrected chi connectivity index (χ4v) is 2.71. The van der Waals surface area contributed by atoms with Gasteiger partial charge in [0.15, 0.2) is 0 Å². The van der Waals surface area contributed by atoms with Crippen LogP contribution in [0.15, 0.2) is 18.2 Å². The predicted octanol–water partition coefficient (Wildman–Crippen LogP) is 2.96. The number of nitrogens with zero attached hydrogens (tertiary/aromatic N) is 1. The number of carbonyl (C=O) groups is 1. The standard InChI is InChI=1S/C16H25N3O/c1-11-4-7-13(8-5-11)18-15-9-6-12(10-14(15)17)16(20)19(2)3/h6,9-11,13,18H,4-5,7-8,17H2,1-3H3. The van der Waals surface area contributed by atoms with Crippen molar-refractivity contribution >= 4 is 17.3 Å². The van der Waals surface area contributed by atoms with E-state index in [1.54, 1.807) is 25.1 Å². The van der Waals surface area contributed by atoms with Gasteiger partial charge in [0.2, 0.25) is 0 Å². The van der Waals surface area contributed by atoms with Crippen molar-refractivity contribution in [1.29, 1.82) is 0 Å². The minimum absolute atomic E-state index is 0.0188. The predicted molar refractivity (Wildman–Crippen MR) is 83.9 cm³/mol. The highest BCUT2D eigenvalue weighted by molar-refractivity contribution is 5.95. The average Bonchev–Trinajstić information content (AvgIpc) is 2.42. The van der Waals surface area contributed by atoms with Crippen molar-refractivity contribution in [2.24, 2.45) is 5.92 Å². The number of nitrogen functional groups attached to an aromatic ring is 1. The lowest BCUT2D eigenvalue weighted by Crippen LogP contribution is -2.26. The summed E-state index contributed by atoms with van der Waals surface area (Å²) >= 11 is 0. The van der Waals surface area contributed by atoms with E-state index in [9.17, 15) is 4.79 Å². The number of rotatable bonds is 3. The van der Waals surface area contributed by atoms with Crippen LogP contribution in [0.25, 0.3) is 0 Å². The van der Waals surface area contributed by atoms with Gasteiger partial charge in [-0.05, 0) is 49.8 Å². The topological polar surface area (TPSA) is 58.4 Å². The number of nitrogens with two attached hydrogens (primary N) is 1. The number of nitrogens with one attached hydrogen (secondary N) is 1. The SMILES string of the molecule is CC1CCC(Nc2ccc(C(=O)N(C)C)cc2N)CC1. The molecule has 2 rings (SSSR count). The van der Waals surface area contributed by atoms with Crippen LogP contribution in [0.3, 0.4) is 0 Å². The van der Waals surface area contributed by atoms with Gasteiger partial charge in [0.05, 0.1) is 11.4 Å². The minimum atomic E-state index is -0.0188. The lowest BCUT2D eigenvalue weighted by atomic mass is 9.87. The summed E-state index contributed by atoms with van der Waals surface area (Å²) in [7, 11) is 3.49. The normalized spacial score (nSPS) is 22.4. The molecule has 0 aromatic heterocycles. The third kappa shape index (κ3) is 3.44. The molecule has 4 nitrogen and oxygen atoms in total. The summed E-state index contributed by atoms with van der Waals surface area (Å²) < 4.78 is 0. The van der Waals surface area contributed by atoms with Crippen molar-refractivity contribution < 1.29 is 4.79 Å². The summed E-state index contributed by atoms with van der Waals surface area (Å²) in [6.07, 6.45) is 4.93. The van der Waals surface area contributed by atoms with E-state index in [1.807, 2.05) is 12.1 Å². The van der Waals surface area contributed by atoms with Crippen LogP contribution < -0.4 is 11.1 Å². The van der Waals surface area contributed by atoms with Crippen molar-refractivity contribution in [1.82, 2.24) is 4.90 Å². The third-order valence-electron chi connectivity index (χ3n) is 4.08. The Morgan fingerprint density at radius 1 is 1.25 bits per heavy atom. The quantitative estimate of drug-likeness (QED) is 0.834. The molecule has 1 amide bonds. The van der Waals surface area contributed by atoms with Crippen LogP contribution >= 0.6 is 0 Å². The van der Waals surface area contributed by atoms with Crippen LogP contribution in [0.5, 0.6) is 0 Å². The van der Waals surface area contributed by atoms with Gasteiger partial charge in [-0.2, -0.15) is 0 Å². The molecule has 0 bridgehead atoms. The maximum Gasteiger partial charge on any atom is 0.253 e. The summed E-state index contributed by atoms with van der Waals surface area (Å²) in [6.45, 7) is 2.31. The second-order valence-electron chi connectivity index (χ2n) is 6.10. The third-order valence-corrected chi connectivity index (χ3v) is 4.08. The van der Waals surface area contributed by atoms with E-state index in [0.717, 1.165) is 11.6 Å². The van der Waals surface area contributed by atoms with Crippen molar-refractivity contribution in [3.8, 4) is 0 Å². The monoisotopic (exact) mass is 275 g/mol. The second kappa shape index (κ2) is 6.16. The molecule has 1 aromatic rings. The molecule has 1 aliphatic carbocycles. The number of benzene rings is 1. The highest BCUT2D eigenvalue weighted by Crippen LogP contribution is 2.28. The van der Waals surface area contributed by atoms with Crippen LogP contribution in [-0.4, -0.2) is 30.9 Å². The van der Waals surface area contributed by atoms with Gasteiger partial charge in [0.1, 0.15) is 0 Å². The number of carbonyl (C=O) groups excluding carboxylic acids is 1. The zero-order valence-corrected chi connectivity index (χ0v) is 12.6. The zero-order valence-electron chi connectivity index (χ0n) is 12.6. The van der Waals surface area contributed by atoms with Gasteiger partial charge in [-0.25, -0.2) is 0 Å². The van der Waals surface area contributed by atoms with E-state index >= 15 is 0 Å². The average molecular weight is 275 g/mol. The first kappa shape index (κ1) is 14.7. The summed E-state index contributed by atoms with van der Waals surface area (Å²) in [5.74, 6) is 0.820. The Bertz CT molecular complexity index is 477. The summed E-state index contributed by atoms with van der Waals surface area (Å²) in [5, 5.41) is 3.52. The molecule has 0 heterocycles. The van der Waals surface area contributed by atoms with Gasteiger partial charge in [-0.15, -0.1) is 0 Å². The minimum Gasteiger partial charge on any atom is -0.397 e. The van der Waals surface area contributed by atoms with Crippen LogP contribution in [0.1, 0.15) is 43.0 Å². The smallest absolute Gasteiger partial charge is 0.253 e. The second-order valence-corrected chi connectivity index (χ2v) is 6.10. The number of hydrogen-bond acceptors (Lipinski definition) is 3. The first-order chi connectivity index (χ1) is 9.47.